The Labute approximate surface area is 111 Å². The number of pyridine rings is 1. The number of nitrogen functional groups attached to an aromatic ring is 1. The monoisotopic (exact) mass is 268 g/mol. The smallest absolute Gasteiger partial charge is 0.320 e. The Balaban J connectivity index is 0.000000388. The molecule has 1 aromatic heterocycles. The molecule has 0 spiro atoms. The van der Waals surface area contributed by atoms with Gasteiger partial charge in [0.15, 0.2) is 5.96 Å². The van der Waals surface area contributed by atoms with Crippen LogP contribution in [-0.4, -0.2) is 34.6 Å². The first-order chi connectivity index (χ1) is 8.93. The van der Waals surface area contributed by atoms with E-state index in [4.69, 9.17) is 27.7 Å². The van der Waals surface area contributed by atoms with Gasteiger partial charge in [-0.3, -0.25) is 10.2 Å². The van der Waals surface area contributed by atoms with Crippen molar-refractivity contribution in [2.75, 3.05) is 12.3 Å². The van der Waals surface area contributed by atoms with Crippen LogP contribution in [0.5, 0.6) is 0 Å². The van der Waals surface area contributed by atoms with Crippen molar-refractivity contribution >= 4 is 17.7 Å². The lowest BCUT2D eigenvalue weighted by atomic mass is 10.2. The SMILES string of the molecule is N=C(N)NCCC[C@H](N)C(=O)O.Nc1ccccn1. The van der Waals surface area contributed by atoms with Gasteiger partial charge < -0.3 is 27.6 Å². The van der Waals surface area contributed by atoms with Gasteiger partial charge in [-0.05, 0) is 25.0 Å². The highest BCUT2D eigenvalue weighted by Crippen LogP contribution is 1.92. The number of aliphatic carboxylic acids is 1. The molecule has 1 rings (SSSR count). The molecule has 19 heavy (non-hydrogen) atoms. The Morgan fingerprint density at radius 1 is 1.53 bits per heavy atom. The van der Waals surface area contributed by atoms with E-state index < -0.39 is 12.0 Å². The predicted molar refractivity (Wildman–Crippen MR) is 73.4 cm³/mol. The van der Waals surface area contributed by atoms with E-state index in [1.807, 2.05) is 12.1 Å². The summed E-state index contributed by atoms with van der Waals surface area (Å²) in [5, 5.41) is 17.7. The molecule has 0 aliphatic rings. The summed E-state index contributed by atoms with van der Waals surface area (Å²) in [6.07, 6.45) is 2.64. The number of carboxylic acids is 1. The number of nitrogens with one attached hydrogen (secondary N) is 2. The van der Waals surface area contributed by atoms with E-state index in [0.29, 0.717) is 25.2 Å². The van der Waals surface area contributed by atoms with E-state index in [9.17, 15) is 4.79 Å². The molecule has 0 radical (unpaired) electrons. The third kappa shape index (κ3) is 10.5. The summed E-state index contributed by atoms with van der Waals surface area (Å²) >= 11 is 0. The largest absolute Gasteiger partial charge is 0.480 e. The highest BCUT2D eigenvalue weighted by Gasteiger charge is 2.09. The Morgan fingerprint density at radius 2 is 2.21 bits per heavy atom. The first kappa shape index (κ1) is 16.6. The zero-order chi connectivity index (χ0) is 14.7. The topological polar surface area (TPSA) is 164 Å². The molecule has 0 aromatic carbocycles. The lowest BCUT2D eigenvalue weighted by Gasteiger charge is -2.06. The minimum atomic E-state index is -1.00. The van der Waals surface area contributed by atoms with Crippen molar-refractivity contribution in [1.82, 2.24) is 10.3 Å². The first-order valence-corrected chi connectivity index (χ1v) is 5.66. The van der Waals surface area contributed by atoms with Gasteiger partial charge in [-0.2, -0.15) is 0 Å². The average molecular weight is 268 g/mol. The van der Waals surface area contributed by atoms with Crippen LogP contribution in [0, 0.1) is 5.41 Å². The predicted octanol–water partition coefficient (Wildman–Crippen LogP) is -0.675. The minimum Gasteiger partial charge on any atom is -0.480 e. The molecule has 0 saturated carbocycles. The third-order valence-electron chi connectivity index (χ3n) is 2.01. The minimum absolute atomic E-state index is 0.112. The Morgan fingerprint density at radius 3 is 2.58 bits per heavy atom. The van der Waals surface area contributed by atoms with Crippen LogP contribution in [0.4, 0.5) is 5.82 Å². The molecule has 0 bridgehead atoms. The fourth-order valence-corrected chi connectivity index (χ4v) is 1.04. The van der Waals surface area contributed by atoms with Crippen LogP contribution in [0.3, 0.4) is 0 Å². The lowest BCUT2D eigenvalue weighted by molar-refractivity contribution is -0.138. The molecule has 0 aliphatic carbocycles. The fraction of sp³-hybridized carbons (Fsp3) is 0.364. The van der Waals surface area contributed by atoms with Crippen molar-refractivity contribution in [2.24, 2.45) is 11.5 Å². The van der Waals surface area contributed by atoms with Gasteiger partial charge in [-0.25, -0.2) is 4.98 Å². The standard InChI is InChI=1S/C6H14N4O2.C5H6N2/c7-4(5(11)12)2-1-3-10-6(8)9;6-5-3-1-2-4-7-5/h4H,1-3,7H2,(H,11,12)(H4,8,9,10);1-4H,(H2,6,7)/t4-;/m0./s1. The van der Waals surface area contributed by atoms with E-state index in [2.05, 4.69) is 10.3 Å². The molecule has 0 fully saturated rings. The zero-order valence-electron chi connectivity index (χ0n) is 10.5. The van der Waals surface area contributed by atoms with Gasteiger partial charge in [0.05, 0.1) is 0 Å². The molecule has 1 heterocycles. The summed E-state index contributed by atoms with van der Waals surface area (Å²) in [4.78, 5) is 14.0. The number of anilines is 1. The Kier molecular flexibility index (Phi) is 8.46. The molecular weight excluding hydrogens is 248 g/mol. The van der Waals surface area contributed by atoms with E-state index in [0.717, 1.165) is 0 Å². The maximum atomic E-state index is 10.2. The van der Waals surface area contributed by atoms with Crippen molar-refractivity contribution in [3.8, 4) is 0 Å². The maximum absolute atomic E-state index is 10.2. The Hall–Kier alpha value is -2.35. The second kappa shape index (κ2) is 9.66. The molecule has 106 valence electrons. The highest BCUT2D eigenvalue weighted by atomic mass is 16.4. The number of rotatable bonds is 5. The molecule has 0 unspecified atom stereocenters. The van der Waals surface area contributed by atoms with Crippen molar-refractivity contribution in [1.29, 1.82) is 5.41 Å². The number of nitrogens with zero attached hydrogens (tertiary/aromatic N) is 1. The molecular formula is C11H20N6O2. The van der Waals surface area contributed by atoms with Gasteiger partial charge in [-0.1, -0.05) is 6.07 Å². The van der Waals surface area contributed by atoms with Crippen LogP contribution in [0.2, 0.25) is 0 Å². The molecule has 0 aliphatic heterocycles. The Bertz CT molecular complexity index is 384. The van der Waals surface area contributed by atoms with Crippen LogP contribution < -0.4 is 22.5 Å². The number of carbonyl (C=O) groups is 1. The maximum Gasteiger partial charge on any atom is 0.320 e. The van der Waals surface area contributed by atoms with Gasteiger partial charge >= 0.3 is 5.97 Å². The van der Waals surface area contributed by atoms with Gasteiger partial charge in [0.25, 0.3) is 0 Å². The van der Waals surface area contributed by atoms with Crippen LogP contribution in [0.1, 0.15) is 12.8 Å². The second-order valence-corrected chi connectivity index (χ2v) is 3.68. The summed E-state index contributed by atoms with van der Waals surface area (Å²) < 4.78 is 0. The van der Waals surface area contributed by atoms with Gasteiger partial charge in [0, 0.05) is 12.7 Å². The van der Waals surface area contributed by atoms with Crippen LogP contribution >= 0.6 is 0 Å². The van der Waals surface area contributed by atoms with Crippen molar-refractivity contribution < 1.29 is 9.90 Å². The number of carboxylic acid groups (broad SMARTS) is 1. The average Bonchev–Trinajstić information content (AvgIpc) is 2.35. The summed E-state index contributed by atoms with van der Waals surface area (Å²) in [5.41, 5.74) is 15.5. The number of guanidine groups is 1. The van der Waals surface area contributed by atoms with Crippen molar-refractivity contribution in [2.45, 2.75) is 18.9 Å². The normalized spacial score (nSPS) is 10.8. The second-order valence-electron chi connectivity index (χ2n) is 3.68. The van der Waals surface area contributed by atoms with Crippen LogP contribution in [-0.2, 0) is 4.79 Å². The summed E-state index contributed by atoms with van der Waals surface area (Å²) in [6.45, 7) is 0.482. The number of nitrogens with two attached hydrogens (primary N) is 3. The van der Waals surface area contributed by atoms with Crippen molar-refractivity contribution in [3.05, 3.63) is 24.4 Å². The molecule has 9 N–H and O–H groups in total. The summed E-state index contributed by atoms with van der Waals surface area (Å²) in [6, 6.07) is 4.61. The number of hydrogen-bond donors (Lipinski definition) is 6. The quantitative estimate of drug-likeness (QED) is 0.234. The zero-order valence-corrected chi connectivity index (χ0v) is 10.5. The van der Waals surface area contributed by atoms with Gasteiger partial charge in [0.2, 0.25) is 0 Å². The third-order valence-corrected chi connectivity index (χ3v) is 2.01. The van der Waals surface area contributed by atoms with E-state index >= 15 is 0 Å². The summed E-state index contributed by atoms with van der Waals surface area (Å²) in [7, 11) is 0. The van der Waals surface area contributed by atoms with E-state index in [1.54, 1.807) is 12.3 Å². The van der Waals surface area contributed by atoms with E-state index in [1.165, 1.54) is 0 Å². The van der Waals surface area contributed by atoms with Gasteiger partial charge in [-0.15, -0.1) is 0 Å². The molecule has 0 saturated heterocycles. The van der Waals surface area contributed by atoms with Crippen LogP contribution in [0.15, 0.2) is 24.4 Å². The number of aromatic nitrogens is 1. The number of hydrogen-bond acceptors (Lipinski definition) is 5. The summed E-state index contributed by atoms with van der Waals surface area (Å²) in [5.74, 6) is -0.542. The van der Waals surface area contributed by atoms with Gasteiger partial charge in [0.1, 0.15) is 11.9 Å². The van der Waals surface area contributed by atoms with Crippen LogP contribution in [0.25, 0.3) is 0 Å². The van der Waals surface area contributed by atoms with Crippen molar-refractivity contribution in [3.63, 3.8) is 0 Å². The lowest BCUT2D eigenvalue weighted by Crippen LogP contribution is -2.34. The molecule has 0 amide bonds. The molecule has 8 nitrogen and oxygen atoms in total. The molecule has 1 aromatic rings. The first-order valence-electron chi connectivity index (χ1n) is 5.66. The van der Waals surface area contributed by atoms with E-state index in [-0.39, 0.29) is 5.96 Å². The highest BCUT2D eigenvalue weighted by molar-refractivity contribution is 5.74. The molecule has 8 heteroatoms. The molecule has 1 atom stereocenters. The fourth-order valence-electron chi connectivity index (χ4n) is 1.04.